The fourth-order valence-corrected chi connectivity index (χ4v) is 4.83. The maximum absolute atomic E-state index is 10.3. The van der Waals surface area contributed by atoms with Crippen molar-refractivity contribution >= 4 is 0 Å². The first-order chi connectivity index (χ1) is 11.5. The van der Waals surface area contributed by atoms with Crippen molar-refractivity contribution in [2.75, 3.05) is 52.5 Å². The summed E-state index contributed by atoms with van der Waals surface area (Å²) in [7, 11) is 0. The van der Waals surface area contributed by atoms with E-state index < -0.39 is 0 Å². The molecule has 4 nitrogen and oxygen atoms in total. The van der Waals surface area contributed by atoms with Gasteiger partial charge in [0.05, 0.1) is 19.3 Å². The minimum absolute atomic E-state index is 0.371. The third kappa shape index (κ3) is 4.04. The molecule has 2 bridgehead atoms. The van der Waals surface area contributed by atoms with Gasteiger partial charge in [-0.2, -0.15) is 0 Å². The van der Waals surface area contributed by atoms with Crippen LogP contribution in [0.15, 0.2) is 11.6 Å². The van der Waals surface area contributed by atoms with Gasteiger partial charge in [0.1, 0.15) is 0 Å². The molecule has 1 N–H and O–H groups in total. The second kappa shape index (κ2) is 7.86. The van der Waals surface area contributed by atoms with E-state index in [1.807, 2.05) is 0 Å². The number of hydrogen-bond donors (Lipinski definition) is 1. The molecule has 4 aliphatic rings. The van der Waals surface area contributed by atoms with Gasteiger partial charge in [0.2, 0.25) is 0 Å². The summed E-state index contributed by atoms with van der Waals surface area (Å²) < 4.78 is 5.88. The van der Waals surface area contributed by atoms with E-state index in [1.54, 1.807) is 0 Å². The second-order valence-corrected chi connectivity index (χ2v) is 8.58. The molecule has 0 amide bonds. The minimum Gasteiger partial charge on any atom is -0.389 e. The van der Waals surface area contributed by atoms with Gasteiger partial charge in [-0.25, -0.2) is 0 Å². The lowest BCUT2D eigenvalue weighted by molar-refractivity contribution is -0.0260. The molecule has 0 radical (unpaired) electrons. The van der Waals surface area contributed by atoms with Crippen LogP contribution in [0.2, 0.25) is 0 Å². The lowest BCUT2D eigenvalue weighted by Crippen LogP contribution is -2.48. The van der Waals surface area contributed by atoms with Crippen LogP contribution in [0.4, 0.5) is 0 Å². The van der Waals surface area contributed by atoms with Gasteiger partial charge in [-0.3, -0.25) is 4.90 Å². The summed E-state index contributed by atoms with van der Waals surface area (Å²) in [6.45, 7) is 14.5. The Morgan fingerprint density at radius 3 is 2.71 bits per heavy atom. The molecule has 3 aliphatic carbocycles. The van der Waals surface area contributed by atoms with E-state index in [9.17, 15) is 5.11 Å². The van der Waals surface area contributed by atoms with Gasteiger partial charge in [-0.1, -0.05) is 26.8 Å². The topological polar surface area (TPSA) is 35.9 Å². The molecule has 4 rings (SSSR count). The van der Waals surface area contributed by atoms with Crippen molar-refractivity contribution in [3.05, 3.63) is 11.6 Å². The number of aliphatic hydroxyl groups is 1. The van der Waals surface area contributed by atoms with E-state index in [1.165, 1.54) is 31.4 Å². The number of aliphatic hydroxyl groups excluding tert-OH is 1. The quantitative estimate of drug-likeness (QED) is 0.724. The van der Waals surface area contributed by atoms with E-state index in [0.717, 1.165) is 38.6 Å². The van der Waals surface area contributed by atoms with E-state index in [-0.39, 0.29) is 6.10 Å². The van der Waals surface area contributed by atoms with Crippen molar-refractivity contribution < 1.29 is 9.84 Å². The fraction of sp³-hybridized carbons (Fsp3) is 0.900. The third-order valence-electron chi connectivity index (χ3n) is 6.76. The van der Waals surface area contributed by atoms with Gasteiger partial charge in [0.25, 0.3) is 0 Å². The summed E-state index contributed by atoms with van der Waals surface area (Å²) >= 11 is 0. The first-order valence-electron chi connectivity index (χ1n) is 9.90. The zero-order valence-electron chi connectivity index (χ0n) is 15.8. The van der Waals surface area contributed by atoms with Crippen LogP contribution in [0.5, 0.6) is 0 Å². The first kappa shape index (κ1) is 18.4. The number of fused-ring (bicyclic) bond motifs is 1. The number of likely N-dealkylation sites (N-methyl/N-ethyl adjacent to an activating group) is 1. The lowest BCUT2D eigenvalue weighted by atomic mass is 9.49. The molecule has 0 spiro atoms. The predicted octanol–water partition coefficient (Wildman–Crippen LogP) is 2.38. The summed E-state index contributed by atoms with van der Waals surface area (Å²) in [4.78, 5) is 4.88. The average Bonchev–Trinajstić information content (AvgIpc) is 2.80. The Morgan fingerprint density at radius 1 is 1.25 bits per heavy atom. The van der Waals surface area contributed by atoms with Gasteiger partial charge in [0, 0.05) is 19.6 Å². The van der Waals surface area contributed by atoms with Gasteiger partial charge in [-0.05, 0) is 61.7 Å². The largest absolute Gasteiger partial charge is 0.389 e. The van der Waals surface area contributed by atoms with Crippen LogP contribution in [-0.2, 0) is 4.74 Å². The summed E-state index contributed by atoms with van der Waals surface area (Å²) in [6.07, 6.45) is 5.78. The molecule has 0 aromatic rings. The smallest absolute Gasteiger partial charge is 0.0900 e. The fourth-order valence-electron chi connectivity index (χ4n) is 4.83. The van der Waals surface area contributed by atoms with Crippen molar-refractivity contribution in [1.82, 2.24) is 9.80 Å². The number of ether oxygens (including phenoxy) is 1. The van der Waals surface area contributed by atoms with Gasteiger partial charge in [0.15, 0.2) is 0 Å². The standard InChI is InChI=1S/C20H36N2O2/c1-4-21-8-5-9-22(11-10-21)13-18(23)15-24-14-16-6-7-17-12-19(16)20(17,2)3/h6,17-19,23H,4-5,7-15H2,1-3H3. The van der Waals surface area contributed by atoms with E-state index >= 15 is 0 Å². The van der Waals surface area contributed by atoms with Crippen molar-refractivity contribution in [3.8, 4) is 0 Å². The van der Waals surface area contributed by atoms with Gasteiger partial charge >= 0.3 is 0 Å². The third-order valence-corrected chi connectivity index (χ3v) is 6.76. The molecule has 0 aromatic carbocycles. The zero-order chi connectivity index (χ0) is 17.2. The van der Waals surface area contributed by atoms with Gasteiger partial charge < -0.3 is 14.7 Å². The van der Waals surface area contributed by atoms with Crippen LogP contribution in [0, 0.1) is 17.3 Å². The minimum atomic E-state index is -0.371. The highest BCUT2D eigenvalue weighted by atomic mass is 16.5. The summed E-state index contributed by atoms with van der Waals surface area (Å²) in [5.74, 6) is 1.58. The Balaban J connectivity index is 1.36. The number of hydrogen-bond acceptors (Lipinski definition) is 4. The second-order valence-electron chi connectivity index (χ2n) is 8.58. The molecule has 1 saturated carbocycles. The molecule has 3 atom stereocenters. The molecule has 1 saturated heterocycles. The monoisotopic (exact) mass is 336 g/mol. The maximum Gasteiger partial charge on any atom is 0.0900 e. The molecular formula is C20H36N2O2. The Bertz CT molecular complexity index is 449. The van der Waals surface area contributed by atoms with Crippen LogP contribution >= 0.6 is 0 Å². The van der Waals surface area contributed by atoms with Crippen LogP contribution in [0.1, 0.15) is 40.0 Å². The van der Waals surface area contributed by atoms with Gasteiger partial charge in [-0.15, -0.1) is 0 Å². The number of β-amino-alcohol motifs (C(OH)–C–C–N with tert-alkyl or cyclic N) is 1. The van der Waals surface area contributed by atoms with Crippen molar-refractivity contribution in [3.63, 3.8) is 0 Å². The average molecular weight is 337 g/mol. The Hall–Kier alpha value is -0.420. The van der Waals surface area contributed by atoms with Crippen molar-refractivity contribution in [1.29, 1.82) is 0 Å². The van der Waals surface area contributed by atoms with E-state index in [4.69, 9.17) is 4.74 Å². The van der Waals surface area contributed by atoms with E-state index in [2.05, 4.69) is 36.6 Å². The van der Waals surface area contributed by atoms with Crippen LogP contribution in [0.25, 0.3) is 0 Å². The normalized spacial score (nSPS) is 31.9. The Labute approximate surface area is 147 Å². The molecule has 138 valence electrons. The Kier molecular flexibility index (Phi) is 6.02. The van der Waals surface area contributed by atoms with Crippen molar-refractivity contribution in [2.24, 2.45) is 17.3 Å². The predicted molar refractivity (Wildman–Crippen MR) is 98.1 cm³/mol. The summed E-state index contributed by atoms with van der Waals surface area (Å²) in [6, 6.07) is 0. The molecule has 1 heterocycles. The molecule has 24 heavy (non-hydrogen) atoms. The van der Waals surface area contributed by atoms with Crippen LogP contribution in [0.3, 0.4) is 0 Å². The van der Waals surface area contributed by atoms with Crippen molar-refractivity contribution in [2.45, 2.75) is 46.1 Å². The molecule has 2 fully saturated rings. The first-order valence-corrected chi connectivity index (χ1v) is 9.90. The zero-order valence-corrected chi connectivity index (χ0v) is 15.8. The molecule has 4 heteroatoms. The molecule has 0 aromatic heterocycles. The number of rotatable bonds is 7. The highest BCUT2D eigenvalue weighted by Gasteiger charge is 2.50. The number of allylic oxidation sites excluding steroid dienone is 1. The van der Waals surface area contributed by atoms with E-state index in [0.29, 0.717) is 24.5 Å². The summed E-state index contributed by atoms with van der Waals surface area (Å²) in [5, 5.41) is 10.3. The Morgan fingerprint density at radius 2 is 2.00 bits per heavy atom. The number of nitrogens with zero attached hydrogens (tertiary/aromatic N) is 2. The van der Waals surface area contributed by atoms with Crippen LogP contribution in [-0.4, -0.2) is 73.5 Å². The highest BCUT2D eigenvalue weighted by molar-refractivity contribution is 5.23. The molecule has 1 aliphatic heterocycles. The summed E-state index contributed by atoms with van der Waals surface area (Å²) in [5.41, 5.74) is 1.94. The molecule has 3 unspecified atom stereocenters. The maximum atomic E-state index is 10.3. The SMILES string of the molecule is CCN1CCCN(CC(O)COCC2=CCC3CC2C3(C)C)CC1. The highest BCUT2D eigenvalue weighted by Crippen LogP contribution is 2.59. The molecular weight excluding hydrogens is 300 g/mol. The lowest BCUT2D eigenvalue weighted by Gasteiger charge is -2.56. The van der Waals surface area contributed by atoms with Crippen LogP contribution < -0.4 is 0 Å².